The average molecular weight is 315 g/mol. The van der Waals surface area contributed by atoms with Crippen molar-refractivity contribution in [3.05, 3.63) is 45.6 Å². The van der Waals surface area contributed by atoms with Gasteiger partial charge in [-0.15, -0.1) is 11.3 Å². The number of rotatable bonds is 3. The molecular formula is C17H17NO3S. The minimum Gasteiger partial charge on any atom is -0.454 e. The van der Waals surface area contributed by atoms with Gasteiger partial charge in [0.25, 0.3) is 0 Å². The van der Waals surface area contributed by atoms with E-state index in [0.29, 0.717) is 6.42 Å². The number of ether oxygens (including phenoxy) is 2. The predicted molar refractivity (Wildman–Crippen MR) is 84.4 cm³/mol. The molecule has 114 valence electrons. The summed E-state index contributed by atoms with van der Waals surface area (Å²) < 4.78 is 10.6. The van der Waals surface area contributed by atoms with E-state index >= 15 is 0 Å². The smallest absolute Gasteiger partial charge is 0.231 e. The first-order valence-electron chi connectivity index (χ1n) is 7.54. The van der Waals surface area contributed by atoms with Gasteiger partial charge in [-0.1, -0.05) is 6.07 Å². The molecule has 0 spiro atoms. The third kappa shape index (κ3) is 2.57. The monoisotopic (exact) mass is 315 g/mol. The van der Waals surface area contributed by atoms with Crippen molar-refractivity contribution in [2.24, 2.45) is 0 Å². The highest BCUT2D eigenvalue weighted by atomic mass is 32.1. The second kappa shape index (κ2) is 5.65. The lowest BCUT2D eigenvalue weighted by Crippen LogP contribution is -2.31. The average Bonchev–Trinajstić information content (AvgIpc) is 3.15. The Balaban J connectivity index is 1.43. The molecule has 1 aliphatic heterocycles. The fourth-order valence-electron chi connectivity index (χ4n) is 3.12. The highest BCUT2D eigenvalue weighted by molar-refractivity contribution is 7.10. The molecular weight excluding hydrogens is 298 g/mol. The van der Waals surface area contributed by atoms with Crippen LogP contribution in [0.4, 0.5) is 0 Å². The number of carbonyl (C=O) groups excluding carboxylic acids is 1. The fraction of sp³-hybridized carbons (Fsp3) is 0.353. The summed E-state index contributed by atoms with van der Waals surface area (Å²) in [4.78, 5) is 13.7. The number of fused-ring (bicyclic) bond motifs is 2. The van der Waals surface area contributed by atoms with E-state index in [4.69, 9.17) is 9.47 Å². The predicted octanol–water partition coefficient (Wildman–Crippen LogP) is 3.21. The third-order valence-corrected chi connectivity index (χ3v) is 5.19. The zero-order valence-corrected chi connectivity index (χ0v) is 12.9. The molecule has 2 aliphatic rings. The largest absolute Gasteiger partial charge is 0.454 e. The van der Waals surface area contributed by atoms with Gasteiger partial charge in [-0.05, 0) is 54.0 Å². The molecule has 4 nitrogen and oxygen atoms in total. The van der Waals surface area contributed by atoms with E-state index in [1.165, 1.54) is 10.4 Å². The quantitative estimate of drug-likeness (QED) is 0.946. The van der Waals surface area contributed by atoms with Crippen molar-refractivity contribution < 1.29 is 14.3 Å². The number of aryl methyl sites for hydroxylation is 1. The molecule has 2 heterocycles. The summed E-state index contributed by atoms with van der Waals surface area (Å²) in [5, 5.41) is 5.29. The molecule has 5 heteroatoms. The maximum Gasteiger partial charge on any atom is 0.231 e. The summed E-state index contributed by atoms with van der Waals surface area (Å²) in [6.45, 7) is 0.258. The van der Waals surface area contributed by atoms with E-state index in [-0.39, 0.29) is 18.7 Å². The summed E-state index contributed by atoms with van der Waals surface area (Å²) in [7, 11) is 0. The van der Waals surface area contributed by atoms with Gasteiger partial charge >= 0.3 is 0 Å². The highest BCUT2D eigenvalue weighted by Gasteiger charge is 2.23. The van der Waals surface area contributed by atoms with E-state index in [0.717, 1.165) is 36.3 Å². The van der Waals surface area contributed by atoms with Crippen LogP contribution in [0.15, 0.2) is 29.6 Å². The zero-order valence-electron chi connectivity index (χ0n) is 12.1. The zero-order chi connectivity index (χ0) is 14.9. The van der Waals surface area contributed by atoms with E-state index < -0.39 is 0 Å². The Hall–Kier alpha value is -2.01. The second-order valence-electron chi connectivity index (χ2n) is 5.68. The first kappa shape index (κ1) is 13.6. The minimum atomic E-state index is 0.0583. The molecule has 4 rings (SSSR count). The molecule has 0 saturated carbocycles. The molecule has 0 fully saturated rings. The molecule has 0 bridgehead atoms. The number of nitrogens with one attached hydrogen (secondary N) is 1. The van der Waals surface area contributed by atoms with Crippen molar-refractivity contribution in [1.82, 2.24) is 5.32 Å². The molecule has 1 aromatic carbocycles. The Labute approximate surface area is 133 Å². The van der Waals surface area contributed by atoms with E-state index in [2.05, 4.69) is 16.8 Å². The lowest BCUT2D eigenvalue weighted by molar-refractivity contribution is -0.121. The lowest BCUT2D eigenvalue weighted by Gasteiger charge is -2.23. The summed E-state index contributed by atoms with van der Waals surface area (Å²) in [5.41, 5.74) is 2.25. The van der Waals surface area contributed by atoms with Crippen molar-refractivity contribution in [3.63, 3.8) is 0 Å². The van der Waals surface area contributed by atoms with E-state index in [1.807, 2.05) is 18.2 Å². The van der Waals surface area contributed by atoms with Crippen LogP contribution in [0.3, 0.4) is 0 Å². The normalized spacial score (nSPS) is 18.8. The molecule has 22 heavy (non-hydrogen) atoms. The van der Waals surface area contributed by atoms with Crippen LogP contribution in [0.25, 0.3) is 0 Å². The molecule has 0 radical (unpaired) electrons. The number of amides is 1. The van der Waals surface area contributed by atoms with Gasteiger partial charge in [0.1, 0.15) is 0 Å². The Morgan fingerprint density at radius 1 is 1.27 bits per heavy atom. The first-order chi connectivity index (χ1) is 10.8. The van der Waals surface area contributed by atoms with Crippen molar-refractivity contribution >= 4 is 17.2 Å². The molecule has 1 aliphatic carbocycles. The van der Waals surface area contributed by atoms with Crippen LogP contribution in [-0.2, 0) is 17.6 Å². The maximum absolute atomic E-state index is 12.3. The SMILES string of the molecule is O=C(Cc1ccc2c(c1)OCO2)NC1CCCc2sccc21. The fourth-order valence-corrected chi connectivity index (χ4v) is 4.11. The summed E-state index contributed by atoms with van der Waals surface area (Å²) in [6.07, 6.45) is 3.67. The van der Waals surface area contributed by atoms with Crippen LogP contribution in [0.5, 0.6) is 11.5 Å². The van der Waals surface area contributed by atoms with Crippen molar-refractivity contribution in [1.29, 1.82) is 0 Å². The van der Waals surface area contributed by atoms with Gasteiger partial charge < -0.3 is 14.8 Å². The summed E-state index contributed by atoms with van der Waals surface area (Å²) in [6, 6.07) is 7.98. The van der Waals surface area contributed by atoms with Gasteiger partial charge in [0.05, 0.1) is 12.5 Å². The van der Waals surface area contributed by atoms with E-state index in [9.17, 15) is 4.79 Å². The maximum atomic E-state index is 12.3. The van der Waals surface area contributed by atoms with Gasteiger partial charge in [0.2, 0.25) is 12.7 Å². The van der Waals surface area contributed by atoms with Crippen LogP contribution in [0.1, 0.15) is 34.9 Å². The van der Waals surface area contributed by atoms with Gasteiger partial charge in [-0.2, -0.15) is 0 Å². The Morgan fingerprint density at radius 3 is 3.14 bits per heavy atom. The second-order valence-corrected chi connectivity index (χ2v) is 6.68. The van der Waals surface area contributed by atoms with Gasteiger partial charge in [-0.25, -0.2) is 0 Å². The molecule has 1 amide bonds. The van der Waals surface area contributed by atoms with Gasteiger partial charge in [-0.3, -0.25) is 4.79 Å². The lowest BCUT2D eigenvalue weighted by atomic mass is 9.94. The number of thiophene rings is 1. The summed E-state index contributed by atoms with van der Waals surface area (Å²) in [5.74, 6) is 1.53. The Morgan fingerprint density at radius 2 is 2.18 bits per heavy atom. The molecule has 1 N–H and O–H groups in total. The van der Waals surface area contributed by atoms with Crippen LogP contribution >= 0.6 is 11.3 Å². The van der Waals surface area contributed by atoms with Crippen LogP contribution < -0.4 is 14.8 Å². The Bertz CT molecular complexity index is 710. The van der Waals surface area contributed by atoms with Gasteiger partial charge in [0, 0.05) is 4.88 Å². The van der Waals surface area contributed by atoms with Gasteiger partial charge in [0.15, 0.2) is 11.5 Å². The number of hydrogen-bond donors (Lipinski definition) is 1. The van der Waals surface area contributed by atoms with Crippen molar-refractivity contribution in [2.45, 2.75) is 31.7 Å². The van der Waals surface area contributed by atoms with E-state index in [1.54, 1.807) is 11.3 Å². The topological polar surface area (TPSA) is 47.6 Å². The number of benzene rings is 1. The van der Waals surface area contributed by atoms with Crippen molar-refractivity contribution in [2.75, 3.05) is 6.79 Å². The van der Waals surface area contributed by atoms with Crippen LogP contribution in [0.2, 0.25) is 0 Å². The van der Waals surface area contributed by atoms with Crippen LogP contribution in [0, 0.1) is 0 Å². The minimum absolute atomic E-state index is 0.0583. The molecule has 0 saturated heterocycles. The molecule has 2 aromatic rings. The standard InChI is InChI=1S/C17H17NO3S/c19-17(9-11-4-5-14-15(8-11)21-10-20-14)18-13-2-1-3-16-12(13)6-7-22-16/h4-8,13H,1-3,9-10H2,(H,18,19). The molecule has 1 atom stereocenters. The first-order valence-corrected chi connectivity index (χ1v) is 8.42. The van der Waals surface area contributed by atoms with Crippen LogP contribution in [-0.4, -0.2) is 12.7 Å². The summed E-state index contributed by atoms with van der Waals surface area (Å²) >= 11 is 1.79. The van der Waals surface area contributed by atoms with Crippen molar-refractivity contribution in [3.8, 4) is 11.5 Å². The molecule has 1 unspecified atom stereocenters. The highest BCUT2D eigenvalue weighted by Crippen LogP contribution is 2.34. The third-order valence-electron chi connectivity index (χ3n) is 4.19. The molecule has 1 aromatic heterocycles. The number of hydrogen-bond acceptors (Lipinski definition) is 4. The number of carbonyl (C=O) groups is 1. The Kier molecular flexibility index (Phi) is 3.50.